The number of benzene rings is 2. The summed E-state index contributed by atoms with van der Waals surface area (Å²) in [6.07, 6.45) is 0. The van der Waals surface area contributed by atoms with Gasteiger partial charge in [0.05, 0.1) is 35.0 Å². The molecule has 0 unspecified atom stereocenters. The van der Waals surface area contributed by atoms with Crippen molar-refractivity contribution in [3.05, 3.63) is 51.5 Å². The lowest BCUT2D eigenvalue weighted by atomic mass is 10.2. The van der Waals surface area contributed by atoms with Crippen molar-refractivity contribution >= 4 is 39.1 Å². The summed E-state index contributed by atoms with van der Waals surface area (Å²) >= 11 is 9.38. The summed E-state index contributed by atoms with van der Waals surface area (Å²) in [6.45, 7) is 0. The zero-order valence-electron chi connectivity index (χ0n) is 11.4. The molecule has 0 radical (unpaired) electrons. The molecule has 6 heteroatoms. The summed E-state index contributed by atoms with van der Waals surface area (Å²) in [4.78, 5) is 12.3. The maximum atomic E-state index is 12.3. The molecule has 0 saturated carbocycles. The molecule has 110 valence electrons. The van der Waals surface area contributed by atoms with Crippen LogP contribution in [0.4, 0.5) is 5.69 Å². The second-order valence-electron chi connectivity index (χ2n) is 4.12. The number of hydrogen-bond donors (Lipinski definition) is 1. The van der Waals surface area contributed by atoms with E-state index in [-0.39, 0.29) is 5.91 Å². The van der Waals surface area contributed by atoms with Crippen molar-refractivity contribution in [2.24, 2.45) is 0 Å². The van der Waals surface area contributed by atoms with Crippen molar-refractivity contribution < 1.29 is 14.3 Å². The molecule has 2 aromatic carbocycles. The second-order valence-corrected chi connectivity index (χ2v) is 5.38. The molecule has 0 aliphatic carbocycles. The van der Waals surface area contributed by atoms with E-state index >= 15 is 0 Å². The fourth-order valence-corrected chi connectivity index (χ4v) is 2.50. The van der Waals surface area contributed by atoms with Crippen molar-refractivity contribution in [1.82, 2.24) is 0 Å². The van der Waals surface area contributed by atoms with E-state index in [0.717, 1.165) is 4.47 Å². The number of nitrogens with one attached hydrogen (secondary N) is 1. The van der Waals surface area contributed by atoms with Gasteiger partial charge in [0, 0.05) is 12.1 Å². The first-order valence-electron chi connectivity index (χ1n) is 6.04. The van der Waals surface area contributed by atoms with Crippen molar-refractivity contribution in [2.75, 3.05) is 19.5 Å². The molecule has 1 N–H and O–H groups in total. The number of carbonyl (C=O) groups excluding carboxylic acids is 1. The highest BCUT2D eigenvalue weighted by atomic mass is 79.9. The van der Waals surface area contributed by atoms with Gasteiger partial charge in [0.15, 0.2) is 0 Å². The SMILES string of the molecule is COc1cc(NC(=O)c2ccccc2Cl)c(OC)cc1Br. The van der Waals surface area contributed by atoms with Crippen molar-refractivity contribution in [3.63, 3.8) is 0 Å². The van der Waals surface area contributed by atoms with E-state index in [1.54, 1.807) is 43.5 Å². The predicted octanol–water partition coefficient (Wildman–Crippen LogP) is 4.37. The number of anilines is 1. The molecule has 2 aromatic rings. The Morgan fingerprint density at radius 3 is 2.43 bits per heavy atom. The van der Waals surface area contributed by atoms with Gasteiger partial charge in [-0.25, -0.2) is 0 Å². The van der Waals surface area contributed by atoms with Crippen LogP contribution in [0, 0.1) is 0 Å². The Balaban J connectivity index is 2.35. The first-order chi connectivity index (χ1) is 10.1. The van der Waals surface area contributed by atoms with Gasteiger partial charge in [-0.3, -0.25) is 4.79 Å². The Bertz CT molecular complexity index is 676. The molecule has 0 aromatic heterocycles. The molecule has 0 atom stereocenters. The molecule has 0 fully saturated rings. The Labute approximate surface area is 136 Å². The summed E-state index contributed by atoms with van der Waals surface area (Å²) in [5.74, 6) is 0.789. The van der Waals surface area contributed by atoms with E-state index in [4.69, 9.17) is 21.1 Å². The molecule has 2 rings (SSSR count). The Morgan fingerprint density at radius 1 is 1.14 bits per heavy atom. The molecule has 0 spiro atoms. The summed E-state index contributed by atoms with van der Waals surface area (Å²) in [6, 6.07) is 10.2. The summed E-state index contributed by atoms with van der Waals surface area (Å²) in [7, 11) is 3.08. The number of amides is 1. The standard InChI is InChI=1S/C15H13BrClNO3/c1-20-13-8-12(14(21-2)7-10(13)16)18-15(19)9-5-3-4-6-11(9)17/h3-8H,1-2H3,(H,18,19). The average molecular weight is 371 g/mol. The van der Waals surface area contributed by atoms with Crippen LogP contribution < -0.4 is 14.8 Å². The maximum absolute atomic E-state index is 12.3. The number of halogens is 2. The predicted molar refractivity (Wildman–Crippen MR) is 86.7 cm³/mol. The zero-order chi connectivity index (χ0) is 15.4. The molecule has 0 aliphatic heterocycles. The number of hydrogen-bond acceptors (Lipinski definition) is 3. The van der Waals surface area contributed by atoms with Gasteiger partial charge in [-0.05, 0) is 28.1 Å². The van der Waals surface area contributed by atoms with Gasteiger partial charge in [0.25, 0.3) is 5.91 Å². The Kier molecular flexibility index (Phi) is 5.09. The van der Waals surface area contributed by atoms with Gasteiger partial charge in [0.1, 0.15) is 11.5 Å². The number of methoxy groups -OCH3 is 2. The van der Waals surface area contributed by atoms with Crippen molar-refractivity contribution in [1.29, 1.82) is 0 Å². The minimum absolute atomic E-state index is 0.316. The highest BCUT2D eigenvalue weighted by molar-refractivity contribution is 9.10. The topological polar surface area (TPSA) is 47.6 Å². The van der Waals surface area contributed by atoms with E-state index in [9.17, 15) is 4.79 Å². The fourth-order valence-electron chi connectivity index (χ4n) is 1.79. The van der Waals surface area contributed by atoms with Crippen LogP contribution >= 0.6 is 27.5 Å². The minimum Gasteiger partial charge on any atom is -0.495 e. The van der Waals surface area contributed by atoms with E-state index in [1.165, 1.54) is 7.11 Å². The van der Waals surface area contributed by atoms with Crippen LogP contribution in [0.2, 0.25) is 5.02 Å². The highest BCUT2D eigenvalue weighted by Crippen LogP contribution is 2.36. The zero-order valence-corrected chi connectivity index (χ0v) is 13.8. The molecular formula is C15H13BrClNO3. The lowest BCUT2D eigenvalue weighted by molar-refractivity contribution is 0.102. The van der Waals surface area contributed by atoms with Crippen LogP contribution in [-0.2, 0) is 0 Å². The normalized spacial score (nSPS) is 10.1. The van der Waals surface area contributed by atoms with Crippen molar-refractivity contribution in [2.45, 2.75) is 0 Å². The van der Waals surface area contributed by atoms with Gasteiger partial charge >= 0.3 is 0 Å². The van der Waals surface area contributed by atoms with Crippen LogP contribution in [0.3, 0.4) is 0 Å². The third-order valence-corrected chi connectivity index (χ3v) is 3.79. The van der Waals surface area contributed by atoms with Crippen LogP contribution in [0.5, 0.6) is 11.5 Å². The molecule has 1 amide bonds. The quantitative estimate of drug-likeness (QED) is 0.869. The molecule has 0 saturated heterocycles. The first kappa shape index (κ1) is 15.7. The third kappa shape index (κ3) is 3.49. The van der Waals surface area contributed by atoms with Gasteiger partial charge in [-0.2, -0.15) is 0 Å². The second kappa shape index (κ2) is 6.83. The van der Waals surface area contributed by atoms with Gasteiger partial charge < -0.3 is 14.8 Å². The summed E-state index contributed by atoms with van der Waals surface area (Å²) < 4.78 is 11.2. The number of ether oxygens (including phenoxy) is 2. The van der Waals surface area contributed by atoms with Crippen LogP contribution in [0.25, 0.3) is 0 Å². The summed E-state index contributed by atoms with van der Waals surface area (Å²) in [5, 5.41) is 3.16. The number of carbonyl (C=O) groups is 1. The van der Waals surface area contributed by atoms with Crippen molar-refractivity contribution in [3.8, 4) is 11.5 Å². The molecule has 0 bridgehead atoms. The maximum Gasteiger partial charge on any atom is 0.257 e. The minimum atomic E-state index is -0.316. The first-order valence-corrected chi connectivity index (χ1v) is 7.21. The molecule has 4 nitrogen and oxygen atoms in total. The Hall–Kier alpha value is -1.72. The van der Waals surface area contributed by atoms with E-state index in [1.807, 2.05) is 0 Å². The van der Waals surface area contributed by atoms with Gasteiger partial charge in [-0.1, -0.05) is 23.7 Å². The lowest BCUT2D eigenvalue weighted by Crippen LogP contribution is -2.13. The van der Waals surface area contributed by atoms with E-state index in [2.05, 4.69) is 21.2 Å². The van der Waals surface area contributed by atoms with E-state index < -0.39 is 0 Å². The molecule has 21 heavy (non-hydrogen) atoms. The van der Waals surface area contributed by atoms with E-state index in [0.29, 0.717) is 27.8 Å². The average Bonchev–Trinajstić information content (AvgIpc) is 2.48. The van der Waals surface area contributed by atoms with Crippen LogP contribution in [0.1, 0.15) is 10.4 Å². The fraction of sp³-hybridized carbons (Fsp3) is 0.133. The largest absolute Gasteiger partial charge is 0.495 e. The van der Waals surface area contributed by atoms with Crippen LogP contribution in [-0.4, -0.2) is 20.1 Å². The van der Waals surface area contributed by atoms with Gasteiger partial charge in [0.2, 0.25) is 0 Å². The van der Waals surface area contributed by atoms with Gasteiger partial charge in [-0.15, -0.1) is 0 Å². The highest BCUT2D eigenvalue weighted by Gasteiger charge is 2.15. The smallest absolute Gasteiger partial charge is 0.257 e. The number of rotatable bonds is 4. The Morgan fingerprint density at radius 2 is 1.81 bits per heavy atom. The summed E-state index contributed by atoms with van der Waals surface area (Å²) in [5.41, 5.74) is 0.894. The molecule has 0 heterocycles. The molecular weight excluding hydrogens is 358 g/mol. The monoisotopic (exact) mass is 369 g/mol. The molecule has 0 aliphatic rings. The third-order valence-electron chi connectivity index (χ3n) is 2.84. The lowest BCUT2D eigenvalue weighted by Gasteiger charge is -2.13. The van der Waals surface area contributed by atoms with Crippen LogP contribution in [0.15, 0.2) is 40.9 Å².